The predicted octanol–water partition coefficient (Wildman–Crippen LogP) is 3.02. The fourth-order valence-electron chi connectivity index (χ4n) is 1.81. The molecule has 0 aromatic heterocycles. The van der Waals surface area contributed by atoms with Gasteiger partial charge >= 0.3 is 0 Å². The lowest BCUT2D eigenvalue weighted by Crippen LogP contribution is -2.20. The van der Waals surface area contributed by atoms with Crippen LogP contribution >= 0.6 is 15.9 Å². The van der Waals surface area contributed by atoms with Gasteiger partial charge in [0.2, 0.25) is 11.8 Å². The molecule has 0 spiro atoms. The monoisotopic (exact) mass is 389 g/mol. The van der Waals surface area contributed by atoms with Gasteiger partial charge in [-0.25, -0.2) is 5.43 Å². The summed E-state index contributed by atoms with van der Waals surface area (Å²) in [5, 5.41) is 15.9. The van der Waals surface area contributed by atoms with Crippen LogP contribution in [0.1, 0.15) is 18.4 Å². The Morgan fingerprint density at radius 2 is 1.79 bits per heavy atom. The number of hydrazone groups is 1. The number of carbonyl (C=O) groups excluding carboxylic acids is 2. The number of phenolic OH excluding ortho intramolecular Hbond substituents is 1. The molecule has 0 atom stereocenters. The van der Waals surface area contributed by atoms with Gasteiger partial charge in [0.15, 0.2) is 0 Å². The highest BCUT2D eigenvalue weighted by Gasteiger charge is 2.06. The Labute approximate surface area is 147 Å². The number of para-hydroxylation sites is 1. The number of nitrogens with zero attached hydrogens (tertiary/aromatic N) is 1. The Hall–Kier alpha value is -2.67. The van der Waals surface area contributed by atoms with Crippen molar-refractivity contribution < 1.29 is 14.7 Å². The second-order valence-electron chi connectivity index (χ2n) is 4.92. The molecule has 0 bridgehead atoms. The summed E-state index contributed by atoms with van der Waals surface area (Å²) in [4.78, 5) is 23.4. The Morgan fingerprint density at radius 1 is 1.08 bits per heavy atom. The van der Waals surface area contributed by atoms with Gasteiger partial charge in [0, 0.05) is 18.5 Å². The van der Waals surface area contributed by atoms with E-state index in [1.54, 1.807) is 24.3 Å². The van der Waals surface area contributed by atoms with Crippen LogP contribution in [0.3, 0.4) is 0 Å². The molecule has 6 nitrogen and oxygen atoms in total. The van der Waals surface area contributed by atoms with Crippen LogP contribution in [0.5, 0.6) is 5.75 Å². The second-order valence-corrected chi connectivity index (χ2v) is 5.77. The standard InChI is InChI=1S/C17H16BrN3O3/c18-14-10-12(6-7-15(14)22)11-19-21-17(24)9-8-16(23)20-13-4-2-1-3-5-13/h1-7,10-11,22H,8-9H2,(H,20,23)(H,21,24). The summed E-state index contributed by atoms with van der Waals surface area (Å²) in [5.41, 5.74) is 3.76. The lowest BCUT2D eigenvalue weighted by molar-refractivity contribution is -0.124. The van der Waals surface area contributed by atoms with Crippen LogP contribution in [0.4, 0.5) is 5.69 Å². The van der Waals surface area contributed by atoms with Crippen molar-refractivity contribution in [1.82, 2.24) is 5.43 Å². The Balaban J connectivity index is 1.74. The van der Waals surface area contributed by atoms with Crippen LogP contribution in [0.2, 0.25) is 0 Å². The zero-order chi connectivity index (χ0) is 17.4. The molecule has 0 aliphatic carbocycles. The predicted molar refractivity (Wildman–Crippen MR) is 95.8 cm³/mol. The van der Waals surface area contributed by atoms with Crippen molar-refractivity contribution in [2.24, 2.45) is 5.10 Å². The molecule has 0 heterocycles. The van der Waals surface area contributed by atoms with E-state index in [1.807, 2.05) is 18.2 Å². The minimum Gasteiger partial charge on any atom is -0.507 e. The minimum absolute atomic E-state index is 0.0370. The fraction of sp³-hybridized carbons (Fsp3) is 0.118. The Bertz CT molecular complexity index is 748. The van der Waals surface area contributed by atoms with Gasteiger partial charge < -0.3 is 10.4 Å². The molecule has 2 rings (SSSR count). The fourth-order valence-corrected chi connectivity index (χ4v) is 2.21. The van der Waals surface area contributed by atoms with Crippen molar-refractivity contribution in [2.45, 2.75) is 12.8 Å². The molecule has 24 heavy (non-hydrogen) atoms. The molecule has 0 unspecified atom stereocenters. The number of phenols is 1. The van der Waals surface area contributed by atoms with E-state index < -0.39 is 0 Å². The van der Waals surface area contributed by atoms with Crippen molar-refractivity contribution >= 4 is 39.6 Å². The first-order valence-electron chi connectivity index (χ1n) is 7.20. The topological polar surface area (TPSA) is 90.8 Å². The first-order chi connectivity index (χ1) is 11.5. The van der Waals surface area contributed by atoms with Crippen molar-refractivity contribution in [3.8, 4) is 5.75 Å². The van der Waals surface area contributed by atoms with Gasteiger partial charge in [-0.2, -0.15) is 5.10 Å². The molecule has 0 radical (unpaired) electrons. The highest BCUT2D eigenvalue weighted by Crippen LogP contribution is 2.23. The maximum Gasteiger partial charge on any atom is 0.240 e. The normalized spacial score (nSPS) is 10.5. The number of halogens is 1. The molecule has 2 amide bonds. The Morgan fingerprint density at radius 3 is 2.50 bits per heavy atom. The molecule has 0 saturated carbocycles. The van der Waals surface area contributed by atoms with E-state index in [0.717, 1.165) is 0 Å². The number of aromatic hydroxyl groups is 1. The number of anilines is 1. The van der Waals surface area contributed by atoms with Gasteiger partial charge in [0.1, 0.15) is 5.75 Å². The molecular formula is C17H16BrN3O3. The molecule has 0 aliphatic rings. The quantitative estimate of drug-likeness (QED) is 0.523. The number of rotatable bonds is 6. The van der Waals surface area contributed by atoms with E-state index in [0.29, 0.717) is 15.7 Å². The van der Waals surface area contributed by atoms with Gasteiger partial charge in [0.05, 0.1) is 10.7 Å². The van der Waals surface area contributed by atoms with Crippen LogP contribution in [0.15, 0.2) is 58.1 Å². The van der Waals surface area contributed by atoms with Gasteiger partial charge in [-0.15, -0.1) is 0 Å². The molecular weight excluding hydrogens is 374 g/mol. The van der Waals surface area contributed by atoms with Crippen molar-refractivity contribution in [3.63, 3.8) is 0 Å². The molecule has 2 aromatic rings. The molecule has 7 heteroatoms. The molecule has 3 N–H and O–H groups in total. The maximum absolute atomic E-state index is 11.7. The summed E-state index contributed by atoms with van der Waals surface area (Å²) in [6.07, 6.45) is 1.56. The third-order valence-corrected chi connectivity index (χ3v) is 3.65. The number of amides is 2. The second kappa shape index (κ2) is 8.83. The van der Waals surface area contributed by atoms with Crippen LogP contribution in [-0.4, -0.2) is 23.1 Å². The van der Waals surface area contributed by atoms with E-state index in [2.05, 4.69) is 31.8 Å². The lowest BCUT2D eigenvalue weighted by Gasteiger charge is -2.04. The number of carbonyl (C=O) groups is 2. The molecule has 2 aromatic carbocycles. The number of hydrogen-bond donors (Lipinski definition) is 3. The largest absolute Gasteiger partial charge is 0.507 e. The average Bonchev–Trinajstić information content (AvgIpc) is 2.57. The van der Waals surface area contributed by atoms with E-state index in [-0.39, 0.29) is 30.4 Å². The summed E-state index contributed by atoms with van der Waals surface area (Å²) in [6, 6.07) is 13.9. The van der Waals surface area contributed by atoms with Crippen LogP contribution in [-0.2, 0) is 9.59 Å². The minimum atomic E-state index is -0.354. The van der Waals surface area contributed by atoms with E-state index >= 15 is 0 Å². The SMILES string of the molecule is O=C(CCC(=O)Nc1ccccc1)NN=Cc1ccc(O)c(Br)c1. The van der Waals surface area contributed by atoms with E-state index in [1.165, 1.54) is 12.3 Å². The Kier molecular flexibility index (Phi) is 6.51. The summed E-state index contributed by atoms with van der Waals surface area (Å²) < 4.78 is 0.537. The van der Waals surface area contributed by atoms with Gasteiger partial charge in [-0.3, -0.25) is 9.59 Å². The molecule has 0 aliphatic heterocycles. The van der Waals surface area contributed by atoms with Crippen molar-refractivity contribution in [2.75, 3.05) is 5.32 Å². The highest BCUT2D eigenvalue weighted by molar-refractivity contribution is 9.10. The zero-order valence-electron chi connectivity index (χ0n) is 12.7. The van der Waals surface area contributed by atoms with Gasteiger partial charge in [-0.05, 0) is 51.8 Å². The van der Waals surface area contributed by atoms with E-state index in [4.69, 9.17) is 0 Å². The first kappa shape index (κ1) is 17.7. The summed E-state index contributed by atoms with van der Waals surface area (Å²) in [6.45, 7) is 0. The average molecular weight is 390 g/mol. The zero-order valence-corrected chi connectivity index (χ0v) is 14.3. The number of nitrogens with one attached hydrogen (secondary N) is 2. The van der Waals surface area contributed by atoms with E-state index in [9.17, 15) is 14.7 Å². The van der Waals surface area contributed by atoms with Gasteiger partial charge in [-0.1, -0.05) is 18.2 Å². The highest BCUT2D eigenvalue weighted by atomic mass is 79.9. The van der Waals surface area contributed by atoms with Crippen LogP contribution in [0, 0.1) is 0 Å². The van der Waals surface area contributed by atoms with Crippen LogP contribution < -0.4 is 10.7 Å². The lowest BCUT2D eigenvalue weighted by atomic mass is 10.2. The molecule has 0 saturated heterocycles. The van der Waals surface area contributed by atoms with Crippen molar-refractivity contribution in [1.29, 1.82) is 0 Å². The third kappa shape index (κ3) is 5.85. The number of hydrogen-bond acceptors (Lipinski definition) is 4. The summed E-state index contributed by atoms with van der Waals surface area (Å²) in [5.74, 6) is -0.462. The molecule has 0 fully saturated rings. The maximum atomic E-state index is 11.7. The van der Waals surface area contributed by atoms with Crippen molar-refractivity contribution in [3.05, 3.63) is 58.6 Å². The molecule has 124 valence electrons. The number of benzene rings is 2. The van der Waals surface area contributed by atoms with Gasteiger partial charge in [0.25, 0.3) is 0 Å². The summed E-state index contributed by atoms with van der Waals surface area (Å²) in [7, 11) is 0. The first-order valence-corrected chi connectivity index (χ1v) is 7.99. The van der Waals surface area contributed by atoms with Crippen LogP contribution in [0.25, 0.3) is 0 Å². The smallest absolute Gasteiger partial charge is 0.240 e. The summed E-state index contributed by atoms with van der Waals surface area (Å²) >= 11 is 3.19. The third-order valence-electron chi connectivity index (χ3n) is 3.01.